The molecule has 3 aromatic rings. The molecule has 1 saturated heterocycles. The van der Waals surface area contributed by atoms with E-state index in [1.807, 2.05) is 66.7 Å². The highest BCUT2D eigenvalue weighted by molar-refractivity contribution is 5.82. The Morgan fingerprint density at radius 1 is 1.12 bits per heavy atom. The Kier molecular flexibility index (Phi) is 5.90. The summed E-state index contributed by atoms with van der Waals surface area (Å²) in [5.74, 6) is -0.431. The van der Waals surface area contributed by atoms with Crippen molar-refractivity contribution in [1.29, 1.82) is 0 Å². The number of amides is 1. The third kappa shape index (κ3) is 4.13. The van der Waals surface area contributed by atoms with Gasteiger partial charge in [-0.05, 0) is 41.5 Å². The molecule has 5 rings (SSSR count). The molecule has 4 atom stereocenters. The van der Waals surface area contributed by atoms with Gasteiger partial charge in [0.15, 0.2) is 0 Å². The molecular weight excluding hydrogens is 416 g/mol. The maximum absolute atomic E-state index is 13.1. The van der Waals surface area contributed by atoms with Crippen LogP contribution in [0.2, 0.25) is 0 Å². The molecule has 0 unspecified atom stereocenters. The predicted molar refractivity (Wildman–Crippen MR) is 126 cm³/mol. The van der Waals surface area contributed by atoms with Gasteiger partial charge in [-0.2, -0.15) is 0 Å². The number of hydrogen-bond donors (Lipinski definition) is 3. The van der Waals surface area contributed by atoms with E-state index in [1.165, 1.54) is 0 Å². The number of hydrogen-bond acceptors (Lipinski definition) is 5. The number of benzene rings is 1. The number of carbonyl (C=O) groups is 1. The van der Waals surface area contributed by atoms with Gasteiger partial charge >= 0.3 is 0 Å². The molecule has 0 radical (unpaired) electrons. The minimum atomic E-state index is -0.506. The molecule has 0 aliphatic carbocycles. The molecular formula is C26H26N4O3. The Labute approximate surface area is 191 Å². The van der Waals surface area contributed by atoms with Crippen molar-refractivity contribution in [3.05, 3.63) is 99.7 Å². The van der Waals surface area contributed by atoms with Crippen LogP contribution in [-0.2, 0) is 17.9 Å². The smallest absolute Gasteiger partial charge is 0.258 e. The first-order valence-electron chi connectivity index (χ1n) is 11.2. The summed E-state index contributed by atoms with van der Waals surface area (Å²) in [6.07, 6.45) is 7.14. The standard InChI is InChI=1S/C26H26N4O3/c31-16-21-20-15-30-22(9-8-19(26(30)33)7-6-17-4-2-1-3-5-17)23(20)29-24(21)25(32)28-14-18-10-12-27-13-11-18/h1-13,20-21,23-24,29,31H,14-16H2,(H,28,32)/b7-6+/t20-,21-,23+,24-/m0/s1. The quantitative estimate of drug-likeness (QED) is 0.543. The van der Waals surface area contributed by atoms with Crippen molar-refractivity contribution in [3.8, 4) is 0 Å². The fraction of sp³-hybridized carbons (Fsp3) is 0.269. The zero-order valence-corrected chi connectivity index (χ0v) is 18.1. The Morgan fingerprint density at radius 2 is 1.91 bits per heavy atom. The van der Waals surface area contributed by atoms with Gasteiger partial charge in [0.1, 0.15) is 0 Å². The number of nitrogens with zero attached hydrogens (tertiary/aromatic N) is 2. The molecule has 1 fully saturated rings. The van der Waals surface area contributed by atoms with Crippen LogP contribution in [0, 0.1) is 11.8 Å². The Bertz CT molecular complexity index is 1220. The molecule has 2 aliphatic heterocycles. The molecule has 7 nitrogen and oxygen atoms in total. The molecule has 2 aliphatic rings. The van der Waals surface area contributed by atoms with Gasteiger partial charge in [0.2, 0.25) is 5.91 Å². The maximum Gasteiger partial charge on any atom is 0.258 e. The second-order valence-electron chi connectivity index (χ2n) is 8.58. The zero-order valence-electron chi connectivity index (χ0n) is 18.1. The summed E-state index contributed by atoms with van der Waals surface area (Å²) >= 11 is 0. The number of pyridine rings is 2. The van der Waals surface area contributed by atoms with Crippen LogP contribution in [-0.4, -0.2) is 33.2 Å². The molecule has 0 saturated carbocycles. The van der Waals surface area contributed by atoms with Crippen LogP contribution in [0.25, 0.3) is 12.2 Å². The van der Waals surface area contributed by atoms with E-state index in [2.05, 4.69) is 15.6 Å². The van der Waals surface area contributed by atoms with Crippen molar-refractivity contribution in [2.75, 3.05) is 6.61 Å². The first kappa shape index (κ1) is 21.3. The fourth-order valence-corrected chi connectivity index (χ4v) is 4.95. The molecule has 3 N–H and O–H groups in total. The summed E-state index contributed by atoms with van der Waals surface area (Å²) in [5.41, 5.74) is 3.43. The highest BCUT2D eigenvalue weighted by atomic mass is 16.3. The normalized spacial score (nSPS) is 23.4. The van der Waals surface area contributed by atoms with E-state index in [1.54, 1.807) is 17.0 Å². The molecule has 168 valence electrons. The average Bonchev–Trinajstić information content (AvgIpc) is 3.40. The summed E-state index contributed by atoms with van der Waals surface area (Å²) < 4.78 is 1.78. The van der Waals surface area contributed by atoms with Crippen LogP contribution in [0.1, 0.15) is 28.4 Å². The number of aromatic nitrogens is 2. The monoisotopic (exact) mass is 442 g/mol. The van der Waals surface area contributed by atoms with Gasteiger partial charge in [0.25, 0.3) is 5.56 Å². The van der Waals surface area contributed by atoms with Crippen molar-refractivity contribution < 1.29 is 9.90 Å². The highest BCUT2D eigenvalue weighted by Gasteiger charge is 2.50. The lowest BCUT2D eigenvalue weighted by molar-refractivity contribution is -0.124. The van der Waals surface area contributed by atoms with E-state index in [-0.39, 0.29) is 36.0 Å². The summed E-state index contributed by atoms with van der Waals surface area (Å²) in [4.78, 5) is 30.0. The maximum atomic E-state index is 13.1. The van der Waals surface area contributed by atoms with Crippen molar-refractivity contribution >= 4 is 18.1 Å². The molecule has 7 heteroatoms. The lowest BCUT2D eigenvalue weighted by atomic mass is 9.88. The molecule has 1 aromatic carbocycles. The topological polar surface area (TPSA) is 96.3 Å². The van der Waals surface area contributed by atoms with E-state index < -0.39 is 6.04 Å². The Morgan fingerprint density at radius 3 is 2.67 bits per heavy atom. The van der Waals surface area contributed by atoms with E-state index in [9.17, 15) is 14.7 Å². The van der Waals surface area contributed by atoms with E-state index >= 15 is 0 Å². The SMILES string of the molecule is O=C(NCc1ccncc1)[C@H]1N[C@H]2c3ccc(/C=C/c4ccccc4)c(=O)n3C[C@H]2[C@@H]1CO. The molecule has 2 aromatic heterocycles. The van der Waals surface area contributed by atoms with Crippen molar-refractivity contribution in [1.82, 2.24) is 20.2 Å². The number of nitrogens with one attached hydrogen (secondary N) is 2. The number of aliphatic hydroxyl groups excluding tert-OH is 1. The van der Waals surface area contributed by atoms with E-state index in [0.29, 0.717) is 18.7 Å². The third-order valence-electron chi connectivity index (χ3n) is 6.68. The van der Waals surface area contributed by atoms with Crippen LogP contribution in [0.15, 0.2) is 71.8 Å². The van der Waals surface area contributed by atoms with Crippen molar-refractivity contribution in [2.24, 2.45) is 11.8 Å². The molecule has 33 heavy (non-hydrogen) atoms. The summed E-state index contributed by atoms with van der Waals surface area (Å²) in [6, 6.07) is 16.7. The number of aliphatic hydroxyl groups is 1. The molecule has 4 heterocycles. The van der Waals surface area contributed by atoms with Gasteiger partial charge in [0, 0.05) is 55.2 Å². The van der Waals surface area contributed by atoms with Gasteiger partial charge in [-0.15, -0.1) is 0 Å². The molecule has 0 bridgehead atoms. The fourth-order valence-electron chi connectivity index (χ4n) is 4.95. The van der Waals surface area contributed by atoms with Crippen LogP contribution in [0.5, 0.6) is 0 Å². The summed E-state index contributed by atoms with van der Waals surface area (Å²) in [5, 5.41) is 16.4. The number of carbonyl (C=O) groups excluding carboxylic acids is 1. The predicted octanol–water partition coefficient (Wildman–Crippen LogP) is 1.98. The first-order chi connectivity index (χ1) is 16.2. The lowest BCUT2D eigenvalue weighted by Crippen LogP contribution is -2.46. The second-order valence-corrected chi connectivity index (χ2v) is 8.58. The van der Waals surface area contributed by atoms with E-state index in [0.717, 1.165) is 16.8 Å². The van der Waals surface area contributed by atoms with E-state index in [4.69, 9.17) is 0 Å². The number of rotatable bonds is 6. The lowest BCUT2D eigenvalue weighted by Gasteiger charge is -2.21. The summed E-state index contributed by atoms with van der Waals surface area (Å²) in [6.45, 7) is 0.767. The van der Waals surface area contributed by atoms with Crippen LogP contribution >= 0.6 is 0 Å². The van der Waals surface area contributed by atoms with Gasteiger partial charge in [-0.25, -0.2) is 0 Å². The van der Waals surface area contributed by atoms with Gasteiger partial charge in [0.05, 0.1) is 12.1 Å². The summed E-state index contributed by atoms with van der Waals surface area (Å²) in [7, 11) is 0. The average molecular weight is 443 g/mol. The third-order valence-corrected chi connectivity index (χ3v) is 6.68. The van der Waals surface area contributed by atoms with Crippen LogP contribution < -0.4 is 16.2 Å². The van der Waals surface area contributed by atoms with Gasteiger partial charge < -0.3 is 15.0 Å². The second kappa shape index (κ2) is 9.13. The molecule has 0 spiro atoms. The number of fused-ring (bicyclic) bond motifs is 3. The minimum Gasteiger partial charge on any atom is -0.396 e. The highest BCUT2D eigenvalue weighted by Crippen LogP contribution is 2.42. The Hall–Kier alpha value is -3.55. The van der Waals surface area contributed by atoms with Crippen LogP contribution in [0.4, 0.5) is 0 Å². The van der Waals surface area contributed by atoms with Crippen LogP contribution in [0.3, 0.4) is 0 Å². The van der Waals surface area contributed by atoms with Gasteiger partial charge in [-0.3, -0.25) is 19.9 Å². The van der Waals surface area contributed by atoms with Crippen molar-refractivity contribution in [3.63, 3.8) is 0 Å². The Balaban J connectivity index is 1.33. The largest absolute Gasteiger partial charge is 0.396 e. The van der Waals surface area contributed by atoms with Crippen molar-refractivity contribution in [2.45, 2.75) is 25.2 Å². The zero-order chi connectivity index (χ0) is 22.8. The van der Waals surface area contributed by atoms with Gasteiger partial charge in [-0.1, -0.05) is 36.4 Å². The first-order valence-corrected chi connectivity index (χ1v) is 11.2. The minimum absolute atomic E-state index is 0.0206. The molecule has 1 amide bonds.